The maximum Gasteiger partial charge on any atom is 0.161 e. The van der Waals surface area contributed by atoms with Crippen molar-refractivity contribution in [1.29, 1.82) is 0 Å². The Kier molecular flexibility index (Phi) is 5.09. The average Bonchev–Trinajstić information content (AvgIpc) is 2.49. The van der Waals surface area contributed by atoms with Gasteiger partial charge in [0.15, 0.2) is 11.5 Å². The van der Waals surface area contributed by atoms with Crippen LogP contribution in [0.25, 0.3) is 0 Å². The zero-order chi connectivity index (χ0) is 15.4. The number of nitrogens with two attached hydrogens (primary N) is 1. The molecular formula is C15H16ClNO3S. The Balaban J connectivity index is 2.21. The molecule has 2 N–H and O–H groups in total. The number of ether oxygens (including phenoxy) is 2. The van der Waals surface area contributed by atoms with Crippen LogP contribution in [-0.4, -0.2) is 18.4 Å². The van der Waals surface area contributed by atoms with Crippen LogP contribution in [0.5, 0.6) is 11.5 Å². The second-order valence-electron chi connectivity index (χ2n) is 4.36. The minimum Gasteiger partial charge on any atom is -0.493 e. The predicted octanol–water partition coefficient (Wildman–Crippen LogP) is 3.25. The van der Waals surface area contributed by atoms with Gasteiger partial charge in [0.1, 0.15) is 0 Å². The summed E-state index contributed by atoms with van der Waals surface area (Å²) in [6, 6.07) is 10.5. The standard InChI is InChI=1S/C15H16ClNO3S/c1-19-14-6-3-10(7-15(14)20-2)9-21(18)11-4-5-13(17)12(16)8-11/h3-8H,9,17H2,1-2H3. The number of hydrogen-bond acceptors (Lipinski definition) is 4. The Morgan fingerprint density at radius 3 is 2.43 bits per heavy atom. The van der Waals surface area contributed by atoms with Crippen molar-refractivity contribution in [2.45, 2.75) is 10.6 Å². The Morgan fingerprint density at radius 1 is 1.10 bits per heavy atom. The number of halogens is 1. The highest BCUT2D eigenvalue weighted by molar-refractivity contribution is 7.84. The molecule has 0 bridgehead atoms. The van der Waals surface area contributed by atoms with Crippen molar-refractivity contribution in [2.24, 2.45) is 0 Å². The maximum absolute atomic E-state index is 12.4. The Labute approximate surface area is 131 Å². The first-order chi connectivity index (χ1) is 10.0. The van der Waals surface area contributed by atoms with Gasteiger partial charge in [0.2, 0.25) is 0 Å². The van der Waals surface area contributed by atoms with Crippen molar-refractivity contribution in [3.8, 4) is 11.5 Å². The molecule has 6 heteroatoms. The monoisotopic (exact) mass is 325 g/mol. The van der Waals surface area contributed by atoms with Crippen LogP contribution in [0.4, 0.5) is 5.69 Å². The van der Waals surface area contributed by atoms with E-state index in [4.69, 9.17) is 26.8 Å². The summed E-state index contributed by atoms with van der Waals surface area (Å²) >= 11 is 5.95. The highest BCUT2D eigenvalue weighted by Crippen LogP contribution is 2.29. The van der Waals surface area contributed by atoms with Crippen molar-refractivity contribution in [3.63, 3.8) is 0 Å². The summed E-state index contributed by atoms with van der Waals surface area (Å²) in [6.07, 6.45) is 0. The van der Waals surface area contributed by atoms with Gasteiger partial charge in [0, 0.05) is 4.90 Å². The molecule has 0 aromatic heterocycles. The second-order valence-corrected chi connectivity index (χ2v) is 6.22. The molecule has 0 amide bonds. The Hall–Kier alpha value is -1.72. The lowest BCUT2D eigenvalue weighted by Gasteiger charge is -2.10. The van der Waals surface area contributed by atoms with E-state index in [0.717, 1.165) is 5.56 Å². The molecule has 0 saturated heterocycles. The van der Waals surface area contributed by atoms with E-state index >= 15 is 0 Å². The minimum atomic E-state index is -1.21. The quantitative estimate of drug-likeness (QED) is 0.857. The first-order valence-corrected chi connectivity index (χ1v) is 7.89. The van der Waals surface area contributed by atoms with Crippen molar-refractivity contribution < 1.29 is 13.7 Å². The van der Waals surface area contributed by atoms with Crippen LogP contribution in [-0.2, 0) is 16.6 Å². The maximum atomic E-state index is 12.4. The normalized spacial score (nSPS) is 12.0. The van der Waals surface area contributed by atoms with Crippen molar-refractivity contribution >= 4 is 28.1 Å². The number of benzene rings is 2. The number of nitrogen functional groups attached to an aromatic ring is 1. The summed E-state index contributed by atoms with van der Waals surface area (Å²) in [7, 11) is 1.94. The lowest BCUT2D eigenvalue weighted by molar-refractivity contribution is 0.354. The van der Waals surface area contributed by atoms with Gasteiger partial charge in [0.05, 0.1) is 41.5 Å². The third kappa shape index (κ3) is 3.68. The SMILES string of the molecule is COc1ccc(CS(=O)c2ccc(N)c(Cl)c2)cc1OC. The van der Waals surface area contributed by atoms with E-state index in [-0.39, 0.29) is 0 Å². The van der Waals surface area contributed by atoms with Crippen LogP contribution in [0, 0.1) is 0 Å². The first kappa shape index (κ1) is 15.7. The highest BCUT2D eigenvalue weighted by atomic mass is 35.5. The molecule has 0 radical (unpaired) electrons. The van der Waals surface area contributed by atoms with E-state index in [2.05, 4.69) is 0 Å². The Morgan fingerprint density at radius 2 is 1.81 bits per heavy atom. The molecule has 0 heterocycles. The number of anilines is 1. The molecule has 1 atom stereocenters. The fraction of sp³-hybridized carbons (Fsp3) is 0.200. The predicted molar refractivity (Wildman–Crippen MR) is 85.5 cm³/mol. The van der Waals surface area contributed by atoms with Gasteiger partial charge in [-0.15, -0.1) is 0 Å². The highest BCUT2D eigenvalue weighted by Gasteiger charge is 2.10. The van der Waals surface area contributed by atoms with Gasteiger partial charge in [-0.05, 0) is 35.9 Å². The molecule has 21 heavy (non-hydrogen) atoms. The lowest BCUT2D eigenvalue weighted by atomic mass is 10.2. The second kappa shape index (κ2) is 6.83. The number of rotatable bonds is 5. The minimum absolute atomic E-state index is 0.362. The summed E-state index contributed by atoms with van der Waals surface area (Å²) in [5.74, 6) is 1.62. The molecule has 0 saturated carbocycles. The van der Waals surface area contributed by atoms with Crippen molar-refractivity contribution in [3.05, 3.63) is 47.0 Å². The molecule has 4 nitrogen and oxygen atoms in total. The van der Waals surface area contributed by atoms with E-state index < -0.39 is 10.8 Å². The summed E-state index contributed by atoms with van der Waals surface area (Å²) in [5.41, 5.74) is 7.01. The molecule has 0 spiro atoms. The van der Waals surface area contributed by atoms with Gasteiger partial charge in [-0.2, -0.15) is 0 Å². The van der Waals surface area contributed by atoms with Gasteiger partial charge >= 0.3 is 0 Å². The molecular weight excluding hydrogens is 310 g/mol. The fourth-order valence-corrected chi connectivity index (χ4v) is 3.22. The molecule has 0 fully saturated rings. The van der Waals surface area contributed by atoms with Crippen molar-refractivity contribution in [1.82, 2.24) is 0 Å². The summed E-state index contributed by atoms with van der Waals surface area (Å²) < 4.78 is 22.8. The van der Waals surface area contributed by atoms with E-state index in [9.17, 15) is 4.21 Å². The van der Waals surface area contributed by atoms with Gasteiger partial charge in [-0.3, -0.25) is 4.21 Å². The zero-order valence-electron chi connectivity index (χ0n) is 11.8. The van der Waals surface area contributed by atoms with E-state index in [1.54, 1.807) is 38.5 Å². The number of hydrogen-bond donors (Lipinski definition) is 1. The zero-order valence-corrected chi connectivity index (χ0v) is 13.3. The molecule has 2 rings (SSSR count). The molecule has 0 aliphatic heterocycles. The summed E-state index contributed by atoms with van der Waals surface area (Å²) in [5, 5.41) is 0.410. The van der Waals surface area contributed by atoms with Gasteiger partial charge in [0.25, 0.3) is 0 Å². The van der Waals surface area contributed by atoms with Crippen LogP contribution >= 0.6 is 11.6 Å². The topological polar surface area (TPSA) is 61.5 Å². The van der Waals surface area contributed by atoms with Gasteiger partial charge < -0.3 is 15.2 Å². The van der Waals surface area contributed by atoms with Gasteiger partial charge in [-0.1, -0.05) is 17.7 Å². The van der Waals surface area contributed by atoms with Crippen LogP contribution in [0.3, 0.4) is 0 Å². The third-order valence-corrected chi connectivity index (χ3v) is 4.68. The van der Waals surface area contributed by atoms with E-state index in [0.29, 0.717) is 32.9 Å². The smallest absolute Gasteiger partial charge is 0.161 e. The fourth-order valence-electron chi connectivity index (χ4n) is 1.85. The third-order valence-electron chi connectivity index (χ3n) is 2.98. The van der Waals surface area contributed by atoms with Crippen LogP contribution < -0.4 is 15.2 Å². The summed E-state index contributed by atoms with van der Waals surface area (Å²) in [6.45, 7) is 0. The van der Waals surface area contributed by atoms with Gasteiger partial charge in [-0.25, -0.2) is 0 Å². The van der Waals surface area contributed by atoms with E-state index in [1.165, 1.54) is 0 Å². The molecule has 0 aliphatic carbocycles. The lowest BCUT2D eigenvalue weighted by Crippen LogP contribution is -1.99. The molecule has 1 unspecified atom stereocenters. The van der Waals surface area contributed by atoms with E-state index in [1.807, 2.05) is 12.1 Å². The summed E-state index contributed by atoms with van der Waals surface area (Å²) in [4.78, 5) is 0.643. The molecule has 2 aromatic rings. The van der Waals surface area contributed by atoms with Crippen LogP contribution in [0.15, 0.2) is 41.3 Å². The largest absolute Gasteiger partial charge is 0.493 e. The Bertz CT molecular complexity index is 676. The first-order valence-electron chi connectivity index (χ1n) is 6.19. The molecule has 112 valence electrons. The van der Waals surface area contributed by atoms with Crippen LogP contribution in [0.2, 0.25) is 5.02 Å². The molecule has 0 aliphatic rings. The van der Waals surface area contributed by atoms with Crippen LogP contribution in [0.1, 0.15) is 5.56 Å². The molecule has 2 aromatic carbocycles. The number of methoxy groups -OCH3 is 2. The average molecular weight is 326 g/mol. The van der Waals surface area contributed by atoms with Crippen molar-refractivity contribution in [2.75, 3.05) is 20.0 Å².